The van der Waals surface area contributed by atoms with Gasteiger partial charge in [0, 0.05) is 49.7 Å². The Kier molecular flexibility index (Phi) is 6.29. The molecule has 2 N–H and O–H groups in total. The molecule has 1 fully saturated rings. The molecule has 1 aromatic carbocycles. The molecule has 2 rings (SSSR count). The largest absolute Gasteiger partial charge is 0.508 e. The van der Waals surface area contributed by atoms with Gasteiger partial charge in [0.1, 0.15) is 5.76 Å². The van der Waals surface area contributed by atoms with Crippen LogP contribution in [-0.2, 0) is 0 Å². The molecule has 23 heavy (non-hydrogen) atoms. The van der Waals surface area contributed by atoms with E-state index in [1.54, 1.807) is 18.2 Å². The van der Waals surface area contributed by atoms with E-state index in [1.807, 2.05) is 25.1 Å². The molecular formula is C19H26N2O2. The van der Waals surface area contributed by atoms with E-state index in [-0.39, 0.29) is 18.4 Å². The minimum atomic E-state index is 0.141. The predicted molar refractivity (Wildman–Crippen MR) is 95.5 cm³/mol. The third-order valence-electron chi connectivity index (χ3n) is 4.09. The zero-order valence-corrected chi connectivity index (χ0v) is 13.7. The molecule has 1 unspecified atom stereocenters. The number of nitrogens with zero attached hydrogens (tertiary/aromatic N) is 2. The molecule has 0 bridgehead atoms. The predicted octanol–water partition coefficient (Wildman–Crippen LogP) is 3.09. The molecule has 1 aliphatic heterocycles. The van der Waals surface area contributed by atoms with E-state index in [4.69, 9.17) is 0 Å². The van der Waals surface area contributed by atoms with E-state index in [0.29, 0.717) is 6.42 Å². The van der Waals surface area contributed by atoms with Gasteiger partial charge in [0.2, 0.25) is 0 Å². The van der Waals surface area contributed by atoms with Crippen LogP contribution in [0.1, 0.15) is 13.3 Å². The van der Waals surface area contributed by atoms with Crippen LogP contribution < -0.4 is 4.90 Å². The highest BCUT2D eigenvalue weighted by atomic mass is 16.3. The van der Waals surface area contributed by atoms with Gasteiger partial charge in [-0.3, -0.25) is 0 Å². The molecule has 0 aromatic heterocycles. The number of aliphatic hydroxyl groups is 2. The Hall–Kier alpha value is -2.20. The minimum absolute atomic E-state index is 0.141. The highest BCUT2D eigenvalue weighted by Gasteiger charge is 2.27. The quantitative estimate of drug-likeness (QED) is 0.626. The smallest absolute Gasteiger partial charge is 0.117 e. The molecule has 1 heterocycles. The molecule has 0 aliphatic carbocycles. The fraction of sp³-hybridized carbons (Fsp3) is 0.368. The number of rotatable bonds is 6. The number of anilines is 1. The summed E-state index contributed by atoms with van der Waals surface area (Å²) in [5.74, 6) is 0.200. The lowest BCUT2D eigenvalue weighted by atomic mass is 10.1. The van der Waals surface area contributed by atoms with Crippen molar-refractivity contribution in [2.45, 2.75) is 19.4 Å². The fourth-order valence-electron chi connectivity index (χ4n) is 2.98. The topological polar surface area (TPSA) is 46.9 Å². The molecule has 124 valence electrons. The first kappa shape index (κ1) is 17.2. The SMILES string of the molecule is C=C(/C=C(O)\C=C/C)N1CCN(c2ccccc2)CC1CCO. The molecule has 0 radical (unpaired) electrons. The van der Waals surface area contributed by atoms with Gasteiger partial charge in [0.25, 0.3) is 0 Å². The normalized spacial score (nSPS) is 19.4. The second kappa shape index (κ2) is 8.44. The lowest BCUT2D eigenvalue weighted by molar-refractivity contribution is 0.181. The van der Waals surface area contributed by atoms with Crippen molar-refractivity contribution in [3.8, 4) is 0 Å². The summed E-state index contributed by atoms with van der Waals surface area (Å²) in [6.07, 6.45) is 5.80. The Balaban J connectivity index is 2.10. The number of piperazine rings is 1. The van der Waals surface area contributed by atoms with Crippen LogP contribution in [0.3, 0.4) is 0 Å². The Bertz CT molecular complexity index is 566. The fourth-order valence-corrected chi connectivity index (χ4v) is 2.98. The molecule has 4 heteroatoms. The third kappa shape index (κ3) is 4.63. The first-order chi connectivity index (χ1) is 11.2. The standard InChI is InChI=1S/C19H26N2O2/c1-3-7-19(23)14-16(2)21-12-11-20(15-18(21)10-13-22)17-8-5-4-6-9-17/h3-9,14,18,22-23H,2,10-13,15H2,1H3/b7-3-,19-14+. The van der Waals surface area contributed by atoms with Crippen LogP contribution in [0.5, 0.6) is 0 Å². The minimum Gasteiger partial charge on any atom is -0.508 e. The van der Waals surface area contributed by atoms with Crippen LogP contribution in [0.15, 0.2) is 66.6 Å². The maximum Gasteiger partial charge on any atom is 0.117 e. The zero-order chi connectivity index (χ0) is 16.7. The molecule has 1 saturated heterocycles. The Morgan fingerprint density at radius 3 is 2.70 bits per heavy atom. The van der Waals surface area contributed by atoms with Crippen LogP contribution in [0.2, 0.25) is 0 Å². The average Bonchev–Trinajstić information content (AvgIpc) is 2.56. The molecule has 1 atom stereocenters. The maximum absolute atomic E-state index is 9.82. The summed E-state index contributed by atoms with van der Waals surface area (Å²) in [4.78, 5) is 4.51. The number of para-hydroxylation sites is 1. The highest BCUT2D eigenvalue weighted by molar-refractivity contribution is 5.47. The van der Waals surface area contributed by atoms with Crippen molar-refractivity contribution in [2.24, 2.45) is 0 Å². The number of hydrogen-bond donors (Lipinski definition) is 2. The Labute approximate surface area is 138 Å². The average molecular weight is 314 g/mol. The molecule has 1 aromatic rings. The summed E-state index contributed by atoms with van der Waals surface area (Å²) in [7, 11) is 0. The first-order valence-electron chi connectivity index (χ1n) is 8.05. The van der Waals surface area contributed by atoms with Crippen LogP contribution in [0.4, 0.5) is 5.69 Å². The number of hydrogen-bond acceptors (Lipinski definition) is 4. The van der Waals surface area contributed by atoms with E-state index < -0.39 is 0 Å². The number of benzene rings is 1. The molecule has 0 amide bonds. The van der Waals surface area contributed by atoms with Crippen molar-refractivity contribution in [1.29, 1.82) is 0 Å². The van der Waals surface area contributed by atoms with E-state index in [0.717, 1.165) is 25.3 Å². The van der Waals surface area contributed by atoms with Gasteiger partial charge in [-0.2, -0.15) is 0 Å². The molecule has 0 spiro atoms. The van der Waals surface area contributed by atoms with Crippen molar-refractivity contribution >= 4 is 5.69 Å². The summed E-state index contributed by atoms with van der Waals surface area (Å²) in [6, 6.07) is 10.5. The summed E-state index contributed by atoms with van der Waals surface area (Å²) in [5, 5.41) is 19.2. The monoisotopic (exact) mass is 314 g/mol. The van der Waals surface area contributed by atoms with Gasteiger partial charge in [-0.1, -0.05) is 30.9 Å². The van der Waals surface area contributed by atoms with Crippen molar-refractivity contribution in [2.75, 3.05) is 31.1 Å². The van der Waals surface area contributed by atoms with Crippen molar-refractivity contribution < 1.29 is 10.2 Å². The molecular weight excluding hydrogens is 288 g/mol. The molecule has 4 nitrogen and oxygen atoms in total. The Morgan fingerprint density at radius 2 is 2.04 bits per heavy atom. The maximum atomic E-state index is 9.82. The zero-order valence-electron chi connectivity index (χ0n) is 13.7. The number of aliphatic hydroxyl groups excluding tert-OH is 2. The van der Waals surface area contributed by atoms with Gasteiger partial charge in [0.15, 0.2) is 0 Å². The van der Waals surface area contributed by atoms with Crippen LogP contribution >= 0.6 is 0 Å². The van der Waals surface area contributed by atoms with E-state index in [9.17, 15) is 10.2 Å². The van der Waals surface area contributed by atoms with E-state index in [1.165, 1.54) is 5.69 Å². The summed E-state index contributed by atoms with van der Waals surface area (Å²) >= 11 is 0. The van der Waals surface area contributed by atoms with Gasteiger partial charge in [-0.05, 0) is 31.6 Å². The highest BCUT2D eigenvalue weighted by Crippen LogP contribution is 2.23. The lowest BCUT2D eigenvalue weighted by Crippen LogP contribution is -2.52. The van der Waals surface area contributed by atoms with Gasteiger partial charge < -0.3 is 20.0 Å². The summed E-state index contributed by atoms with van der Waals surface area (Å²) in [5.41, 5.74) is 1.99. The second-order valence-electron chi connectivity index (χ2n) is 5.70. The van der Waals surface area contributed by atoms with E-state index in [2.05, 4.69) is 28.5 Å². The summed E-state index contributed by atoms with van der Waals surface area (Å²) < 4.78 is 0. The Morgan fingerprint density at radius 1 is 1.30 bits per heavy atom. The number of allylic oxidation sites excluding steroid dienone is 3. The first-order valence-corrected chi connectivity index (χ1v) is 8.05. The molecule has 1 aliphatic rings. The van der Waals surface area contributed by atoms with Crippen LogP contribution in [0, 0.1) is 0 Å². The molecule has 0 saturated carbocycles. The van der Waals surface area contributed by atoms with Gasteiger partial charge in [0.05, 0.1) is 0 Å². The van der Waals surface area contributed by atoms with Crippen molar-refractivity contribution in [3.63, 3.8) is 0 Å². The van der Waals surface area contributed by atoms with E-state index >= 15 is 0 Å². The lowest BCUT2D eigenvalue weighted by Gasteiger charge is -2.44. The van der Waals surface area contributed by atoms with Gasteiger partial charge in [-0.15, -0.1) is 0 Å². The second-order valence-corrected chi connectivity index (χ2v) is 5.70. The summed E-state index contributed by atoms with van der Waals surface area (Å²) in [6.45, 7) is 8.63. The van der Waals surface area contributed by atoms with Crippen LogP contribution in [0.25, 0.3) is 0 Å². The van der Waals surface area contributed by atoms with Crippen molar-refractivity contribution in [1.82, 2.24) is 4.90 Å². The van der Waals surface area contributed by atoms with Crippen molar-refractivity contribution in [3.05, 3.63) is 66.6 Å². The van der Waals surface area contributed by atoms with Crippen LogP contribution in [-0.4, -0.2) is 47.4 Å². The van der Waals surface area contributed by atoms with Gasteiger partial charge >= 0.3 is 0 Å². The third-order valence-corrected chi connectivity index (χ3v) is 4.09. The van der Waals surface area contributed by atoms with Gasteiger partial charge in [-0.25, -0.2) is 0 Å².